The molecule has 0 fully saturated rings. The van der Waals surface area contributed by atoms with E-state index >= 15 is 0 Å². The van der Waals surface area contributed by atoms with Gasteiger partial charge in [0, 0.05) is 15.6 Å². The minimum Gasteiger partial charge on any atom is -0.301 e. The van der Waals surface area contributed by atoms with Crippen LogP contribution in [0.15, 0.2) is 44.6 Å². The summed E-state index contributed by atoms with van der Waals surface area (Å²) >= 11 is 6.24. The van der Waals surface area contributed by atoms with Crippen molar-refractivity contribution < 1.29 is 13.2 Å². The lowest BCUT2D eigenvalue weighted by atomic mass is 10.2. The monoisotopic (exact) mass is 484 g/mol. The maximum Gasteiger partial charge on any atom is 0.236 e. The molecule has 0 bridgehead atoms. The first-order chi connectivity index (χ1) is 12.6. The lowest BCUT2D eigenvalue weighted by Gasteiger charge is -2.08. The van der Waals surface area contributed by atoms with Gasteiger partial charge in [0.1, 0.15) is 0 Å². The number of carbonyl (C=O) groups excluding carboxylic acids is 1. The van der Waals surface area contributed by atoms with Crippen molar-refractivity contribution in [2.45, 2.75) is 23.6 Å². The number of thioether (sulfide) groups is 1. The number of thiazole rings is 1. The van der Waals surface area contributed by atoms with Crippen LogP contribution in [0.1, 0.15) is 11.1 Å². The number of amides is 1. The summed E-state index contributed by atoms with van der Waals surface area (Å²) in [5.74, 6) is 0.120. The number of rotatable bonds is 5. The summed E-state index contributed by atoms with van der Waals surface area (Å²) in [4.78, 5) is 17.9. The van der Waals surface area contributed by atoms with Crippen molar-refractivity contribution >= 4 is 70.1 Å². The number of benzene rings is 2. The van der Waals surface area contributed by atoms with Crippen molar-refractivity contribution in [3.05, 3.63) is 45.9 Å². The predicted octanol–water partition coefficient (Wildman–Crippen LogP) is 4.81. The average molecular weight is 485 g/mol. The number of nitrogens with one attached hydrogen (secondary N) is 1. The highest BCUT2D eigenvalue weighted by Crippen LogP contribution is 2.30. The minimum absolute atomic E-state index is 0.151. The van der Waals surface area contributed by atoms with E-state index in [1.807, 2.05) is 19.9 Å². The van der Waals surface area contributed by atoms with Gasteiger partial charge in [-0.2, -0.15) is 0 Å². The smallest absolute Gasteiger partial charge is 0.236 e. The quantitative estimate of drug-likeness (QED) is 0.525. The van der Waals surface area contributed by atoms with E-state index in [2.05, 4.69) is 32.3 Å². The SMILES string of the molecule is Cc1cc(SCC(=O)Nc2nc3ccc(S(C)(=O)=O)cc3s2)c(C)cc1Br. The summed E-state index contributed by atoms with van der Waals surface area (Å²) in [6.45, 7) is 4.02. The van der Waals surface area contributed by atoms with Crippen molar-refractivity contribution in [3.8, 4) is 0 Å². The highest BCUT2D eigenvalue weighted by molar-refractivity contribution is 9.10. The van der Waals surface area contributed by atoms with Crippen LogP contribution >= 0.6 is 39.0 Å². The second-order valence-electron chi connectivity index (χ2n) is 6.12. The molecule has 0 radical (unpaired) electrons. The van der Waals surface area contributed by atoms with Gasteiger partial charge in [-0.15, -0.1) is 11.8 Å². The zero-order valence-electron chi connectivity index (χ0n) is 14.9. The zero-order valence-corrected chi connectivity index (χ0v) is 18.9. The molecule has 1 heterocycles. The second kappa shape index (κ2) is 7.90. The van der Waals surface area contributed by atoms with Crippen molar-refractivity contribution in [2.24, 2.45) is 0 Å². The molecule has 5 nitrogen and oxygen atoms in total. The molecule has 0 aliphatic carbocycles. The first-order valence-electron chi connectivity index (χ1n) is 7.93. The van der Waals surface area contributed by atoms with E-state index in [4.69, 9.17) is 0 Å². The van der Waals surface area contributed by atoms with Gasteiger partial charge < -0.3 is 5.32 Å². The highest BCUT2D eigenvalue weighted by Gasteiger charge is 2.13. The Morgan fingerprint density at radius 1 is 1.22 bits per heavy atom. The van der Waals surface area contributed by atoms with Crippen molar-refractivity contribution in [1.82, 2.24) is 4.98 Å². The molecular weight excluding hydrogens is 468 g/mol. The van der Waals surface area contributed by atoms with Gasteiger partial charge in [0.25, 0.3) is 0 Å². The zero-order chi connectivity index (χ0) is 19.8. The van der Waals surface area contributed by atoms with Gasteiger partial charge in [-0.3, -0.25) is 4.79 Å². The van der Waals surface area contributed by atoms with Gasteiger partial charge in [-0.25, -0.2) is 13.4 Å². The van der Waals surface area contributed by atoms with Crippen LogP contribution in [-0.2, 0) is 14.6 Å². The van der Waals surface area contributed by atoms with Gasteiger partial charge >= 0.3 is 0 Å². The third-order valence-electron chi connectivity index (χ3n) is 3.85. The maximum absolute atomic E-state index is 12.3. The minimum atomic E-state index is -3.27. The number of anilines is 1. The number of halogens is 1. The lowest BCUT2D eigenvalue weighted by molar-refractivity contribution is -0.113. The Hall–Kier alpha value is -1.42. The van der Waals surface area contributed by atoms with Crippen molar-refractivity contribution in [3.63, 3.8) is 0 Å². The van der Waals surface area contributed by atoms with Crippen LogP contribution in [-0.4, -0.2) is 31.3 Å². The van der Waals surface area contributed by atoms with E-state index in [-0.39, 0.29) is 16.6 Å². The molecule has 0 aliphatic heterocycles. The molecule has 9 heteroatoms. The molecule has 0 saturated carbocycles. The van der Waals surface area contributed by atoms with Crippen LogP contribution in [0.2, 0.25) is 0 Å². The summed E-state index contributed by atoms with van der Waals surface area (Å²) in [6.07, 6.45) is 1.17. The van der Waals surface area contributed by atoms with E-state index in [1.165, 1.54) is 35.4 Å². The average Bonchev–Trinajstić information content (AvgIpc) is 2.97. The summed E-state index contributed by atoms with van der Waals surface area (Å²) in [7, 11) is -3.27. The van der Waals surface area contributed by atoms with Gasteiger partial charge in [-0.1, -0.05) is 27.3 Å². The number of fused-ring (bicyclic) bond motifs is 1. The van der Waals surface area contributed by atoms with Crippen LogP contribution in [0, 0.1) is 13.8 Å². The normalized spacial score (nSPS) is 11.7. The molecule has 1 N–H and O–H groups in total. The highest BCUT2D eigenvalue weighted by atomic mass is 79.9. The number of carbonyl (C=O) groups is 1. The maximum atomic E-state index is 12.3. The second-order valence-corrected chi connectivity index (χ2v) is 11.0. The third-order valence-corrected chi connectivity index (χ3v) is 7.90. The number of hydrogen-bond donors (Lipinski definition) is 1. The van der Waals surface area contributed by atoms with Crippen LogP contribution in [0.4, 0.5) is 5.13 Å². The first-order valence-corrected chi connectivity index (χ1v) is 12.4. The molecular formula is C18H17BrN2O3S3. The standard InChI is InChI=1S/C18H17BrN2O3S3/c1-10-7-15(11(2)6-13(10)19)25-9-17(22)21-18-20-14-5-4-12(27(3,23)24)8-16(14)26-18/h4-8H,9H2,1-3H3,(H,20,21,22). The van der Waals surface area contributed by atoms with Crippen LogP contribution in [0.3, 0.4) is 0 Å². The van der Waals surface area contributed by atoms with Gasteiger partial charge in [0.05, 0.1) is 20.9 Å². The fraction of sp³-hybridized carbons (Fsp3) is 0.222. The molecule has 0 unspecified atom stereocenters. The molecule has 0 spiro atoms. The number of sulfone groups is 1. The summed E-state index contributed by atoms with van der Waals surface area (Å²) < 4.78 is 25.1. The molecule has 1 aromatic heterocycles. The lowest BCUT2D eigenvalue weighted by Crippen LogP contribution is -2.13. The molecule has 142 valence electrons. The summed E-state index contributed by atoms with van der Waals surface area (Å²) in [5, 5.41) is 3.26. The van der Waals surface area contributed by atoms with E-state index < -0.39 is 9.84 Å². The molecule has 27 heavy (non-hydrogen) atoms. The fourth-order valence-corrected chi connectivity index (χ4v) is 5.40. The molecule has 0 atom stereocenters. The van der Waals surface area contributed by atoms with E-state index in [9.17, 15) is 13.2 Å². The Morgan fingerprint density at radius 2 is 1.96 bits per heavy atom. The fourth-order valence-electron chi connectivity index (χ4n) is 2.40. The van der Waals surface area contributed by atoms with Crippen LogP contribution < -0.4 is 5.32 Å². The van der Waals surface area contributed by atoms with Gasteiger partial charge in [0.2, 0.25) is 5.91 Å². The number of aromatic nitrogens is 1. The number of hydrogen-bond acceptors (Lipinski definition) is 6. The molecule has 0 aliphatic rings. The Labute approximate surface area is 174 Å². The predicted molar refractivity (Wildman–Crippen MR) is 116 cm³/mol. The number of nitrogens with zero attached hydrogens (tertiary/aromatic N) is 1. The van der Waals surface area contributed by atoms with E-state index in [1.54, 1.807) is 12.1 Å². The topological polar surface area (TPSA) is 76.1 Å². The van der Waals surface area contributed by atoms with Crippen LogP contribution in [0.5, 0.6) is 0 Å². The van der Waals surface area contributed by atoms with Gasteiger partial charge in [-0.05, 0) is 55.3 Å². The Morgan fingerprint density at radius 3 is 2.67 bits per heavy atom. The van der Waals surface area contributed by atoms with Crippen molar-refractivity contribution in [2.75, 3.05) is 17.3 Å². The molecule has 0 saturated heterocycles. The molecule has 1 amide bonds. The summed E-state index contributed by atoms with van der Waals surface area (Å²) in [6, 6.07) is 8.86. The van der Waals surface area contributed by atoms with Crippen molar-refractivity contribution in [1.29, 1.82) is 0 Å². The van der Waals surface area contributed by atoms with Crippen LogP contribution in [0.25, 0.3) is 10.2 Å². The van der Waals surface area contributed by atoms with Gasteiger partial charge in [0.15, 0.2) is 15.0 Å². The Balaban J connectivity index is 1.70. The number of aryl methyl sites for hydroxylation is 2. The Kier molecular flexibility index (Phi) is 5.95. The largest absolute Gasteiger partial charge is 0.301 e. The first kappa shape index (κ1) is 20.3. The molecule has 3 aromatic rings. The summed E-state index contributed by atoms with van der Waals surface area (Å²) in [5.41, 5.74) is 2.89. The van der Waals surface area contributed by atoms with E-state index in [0.717, 1.165) is 25.2 Å². The molecule has 3 rings (SSSR count). The third kappa shape index (κ3) is 4.90. The Bertz CT molecular complexity index is 1140. The molecule has 2 aromatic carbocycles. The van der Waals surface area contributed by atoms with E-state index in [0.29, 0.717) is 10.6 Å².